The fraction of sp³-hybridized carbons (Fsp3) is 0.533. The maximum Gasteiger partial charge on any atom is 0.164 e. The van der Waals surface area contributed by atoms with Gasteiger partial charge in [0.15, 0.2) is 15.6 Å². The van der Waals surface area contributed by atoms with E-state index in [1.807, 2.05) is 25.2 Å². The van der Waals surface area contributed by atoms with Crippen molar-refractivity contribution in [3.63, 3.8) is 0 Å². The summed E-state index contributed by atoms with van der Waals surface area (Å²) in [5, 5.41) is 2.61. The van der Waals surface area contributed by atoms with E-state index in [1.54, 1.807) is 19.9 Å². The summed E-state index contributed by atoms with van der Waals surface area (Å²) in [6.07, 6.45) is 0.812. The lowest BCUT2D eigenvalue weighted by molar-refractivity contribution is 0.0988. The minimum Gasteiger partial charge on any atom is -0.319 e. The third kappa shape index (κ3) is 4.72. The van der Waals surface area contributed by atoms with Crippen LogP contribution in [0.15, 0.2) is 24.3 Å². The van der Waals surface area contributed by atoms with Gasteiger partial charge in [-0.25, -0.2) is 8.42 Å². The van der Waals surface area contributed by atoms with Gasteiger partial charge in [-0.05, 0) is 39.4 Å². The Kier molecular flexibility index (Phi) is 6.36. The molecule has 0 aliphatic heterocycles. The van der Waals surface area contributed by atoms with Crippen LogP contribution in [0, 0.1) is 0 Å². The first-order valence-electron chi connectivity index (χ1n) is 6.85. The Hall–Kier alpha value is -1.20. The fourth-order valence-corrected chi connectivity index (χ4v) is 2.82. The number of rotatable bonds is 8. The molecule has 0 aliphatic rings. The predicted octanol–water partition coefficient (Wildman–Crippen LogP) is 1.84. The minimum atomic E-state index is -3.16. The molecule has 0 saturated heterocycles. The Bertz CT molecular complexity index is 550. The molecule has 0 saturated carbocycles. The van der Waals surface area contributed by atoms with Crippen LogP contribution in [-0.4, -0.2) is 38.8 Å². The van der Waals surface area contributed by atoms with Crippen molar-refractivity contribution in [3.05, 3.63) is 35.4 Å². The van der Waals surface area contributed by atoms with Crippen molar-refractivity contribution in [2.24, 2.45) is 0 Å². The largest absolute Gasteiger partial charge is 0.319 e. The van der Waals surface area contributed by atoms with E-state index in [0.29, 0.717) is 5.56 Å². The van der Waals surface area contributed by atoms with Crippen LogP contribution in [0.5, 0.6) is 0 Å². The van der Waals surface area contributed by atoms with Crippen molar-refractivity contribution in [1.82, 2.24) is 5.32 Å². The lowest BCUT2D eigenvalue weighted by Gasteiger charge is -2.10. The molecule has 112 valence electrons. The number of carbonyl (C=O) groups excluding carboxylic acids is 1. The zero-order chi connectivity index (χ0) is 15.2. The predicted molar refractivity (Wildman–Crippen MR) is 81.9 cm³/mol. The molecule has 20 heavy (non-hydrogen) atoms. The molecule has 0 spiro atoms. The first kappa shape index (κ1) is 16.9. The molecule has 0 radical (unpaired) electrons. The van der Waals surface area contributed by atoms with Gasteiger partial charge in [0, 0.05) is 12.0 Å². The fourth-order valence-electron chi connectivity index (χ4n) is 1.88. The van der Waals surface area contributed by atoms with Crippen molar-refractivity contribution in [2.75, 3.05) is 19.3 Å². The summed E-state index contributed by atoms with van der Waals surface area (Å²) in [5.74, 6) is -0.176. The smallest absolute Gasteiger partial charge is 0.164 e. The van der Waals surface area contributed by atoms with Crippen LogP contribution in [0.2, 0.25) is 0 Å². The standard InChI is InChI=1S/C15H23NO3S/c1-12(2)20(18,19)11-9-15(17)14-7-5-4-6-13(14)8-10-16-3/h4-7,12,16H,8-11H2,1-3H3. The van der Waals surface area contributed by atoms with Crippen LogP contribution >= 0.6 is 0 Å². The minimum absolute atomic E-state index is 0.0527. The van der Waals surface area contributed by atoms with Gasteiger partial charge in [0.2, 0.25) is 0 Å². The zero-order valence-corrected chi connectivity index (χ0v) is 13.2. The highest BCUT2D eigenvalue weighted by atomic mass is 32.2. The van der Waals surface area contributed by atoms with Crippen LogP contribution in [-0.2, 0) is 16.3 Å². The van der Waals surface area contributed by atoms with Gasteiger partial charge in [-0.15, -0.1) is 0 Å². The Labute approximate surface area is 121 Å². The van der Waals surface area contributed by atoms with Crippen LogP contribution < -0.4 is 5.32 Å². The van der Waals surface area contributed by atoms with E-state index in [9.17, 15) is 13.2 Å². The zero-order valence-electron chi connectivity index (χ0n) is 12.3. The number of hydrogen-bond donors (Lipinski definition) is 1. The first-order chi connectivity index (χ1) is 9.38. The number of nitrogens with one attached hydrogen (secondary N) is 1. The lowest BCUT2D eigenvalue weighted by atomic mass is 10.00. The van der Waals surface area contributed by atoms with Crippen molar-refractivity contribution >= 4 is 15.6 Å². The van der Waals surface area contributed by atoms with E-state index in [2.05, 4.69) is 5.32 Å². The molecule has 0 amide bonds. The molecule has 1 aromatic rings. The van der Waals surface area contributed by atoms with Gasteiger partial charge in [0.25, 0.3) is 0 Å². The third-order valence-corrected chi connectivity index (χ3v) is 5.50. The number of Topliss-reactive ketones (excluding diaryl/α,β-unsaturated/α-hetero) is 1. The Balaban J connectivity index is 2.78. The average molecular weight is 297 g/mol. The Morgan fingerprint density at radius 3 is 2.50 bits per heavy atom. The van der Waals surface area contributed by atoms with Gasteiger partial charge in [-0.2, -0.15) is 0 Å². The molecule has 0 bridgehead atoms. The summed E-state index contributed by atoms with van der Waals surface area (Å²) in [6.45, 7) is 4.07. The summed E-state index contributed by atoms with van der Waals surface area (Å²) in [7, 11) is -1.30. The third-order valence-electron chi connectivity index (χ3n) is 3.29. The van der Waals surface area contributed by atoms with Crippen LogP contribution in [0.3, 0.4) is 0 Å². The Morgan fingerprint density at radius 1 is 1.25 bits per heavy atom. The monoisotopic (exact) mass is 297 g/mol. The molecule has 5 heteroatoms. The second-order valence-corrected chi connectivity index (χ2v) is 7.78. The molecule has 0 heterocycles. The normalized spacial score (nSPS) is 11.8. The van der Waals surface area contributed by atoms with E-state index < -0.39 is 15.1 Å². The number of likely N-dealkylation sites (N-methyl/N-ethyl adjacent to an activating group) is 1. The molecule has 4 nitrogen and oxygen atoms in total. The van der Waals surface area contributed by atoms with E-state index in [1.165, 1.54) is 0 Å². The highest BCUT2D eigenvalue weighted by molar-refractivity contribution is 7.91. The van der Waals surface area contributed by atoms with Gasteiger partial charge in [-0.1, -0.05) is 24.3 Å². The van der Waals surface area contributed by atoms with Crippen molar-refractivity contribution in [3.8, 4) is 0 Å². The molecular formula is C15H23NO3S. The first-order valence-corrected chi connectivity index (χ1v) is 8.57. The summed E-state index contributed by atoms with van der Waals surface area (Å²) in [4.78, 5) is 12.2. The summed E-state index contributed by atoms with van der Waals surface area (Å²) in [5.41, 5.74) is 1.61. The molecule has 0 aromatic heterocycles. The second kappa shape index (κ2) is 7.55. The SMILES string of the molecule is CNCCc1ccccc1C(=O)CCS(=O)(=O)C(C)C. The molecule has 1 aromatic carbocycles. The van der Waals surface area contributed by atoms with E-state index >= 15 is 0 Å². The van der Waals surface area contributed by atoms with Crippen molar-refractivity contribution in [1.29, 1.82) is 0 Å². The quantitative estimate of drug-likeness (QED) is 0.744. The van der Waals surface area contributed by atoms with Crippen molar-refractivity contribution in [2.45, 2.75) is 31.9 Å². The number of ketones is 1. The maximum absolute atomic E-state index is 12.2. The van der Waals surface area contributed by atoms with Crippen LogP contribution in [0.4, 0.5) is 0 Å². The van der Waals surface area contributed by atoms with Gasteiger partial charge in [-0.3, -0.25) is 4.79 Å². The summed E-state index contributed by atoms with van der Waals surface area (Å²) < 4.78 is 23.5. The number of hydrogen-bond acceptors (Lipinski definition) is 4. The summed E-state index contributed by atoms with van der Waals surface area (Å²) >= 11 is 0. The van der Waals surface area contributed by atoms with Gasteiger partial charge in [0.05, 0.1) is 11.0 Å². The van der Waals surface area contributed by atoms with Crippen LogP contribution in [0.25, 0.3) is 0 Å². The number of benzene rings is 1. The van der Waals surface area contributed by atoms with Gasteiger partial charge in [0.1, 0.15) is 0 Å². The topological polar surface area (TPSA) is 63.2 Å². The molecular weight excluding hydrogens is 274 g/mol. The van der Waals surface area contributed by atoms with E-state index in [4.69, 9.17) is 0 Å². The number of carbonyl (C=O) groups is 1. The average Bonchev–Trinajstić information content (AvgIpc) is 2.42. The second-order valence-electron chi connectivity index (χ2n) is 5.10. The summed E-state index contributed by atoms with van der Waals surface area (Å²) in [6, 6.07) is 7.40. The van der Waals surface area contributed by atoms with Crippen LogP contribution in [0.1, 0.15) is 36.2 Å². The number of sulfone groups is 1. The lowest BCUT2D eigenvalue weighted by Crippen LogP contribution is -2.20. The molecule has 0 aliphatic carbocycles. The maximum atomic E-state index is 12.2. The molecule has 0 fully saturated rings. The molecule has 1 rings (SSSR count). The molecule has 0 atom stereocenters. The van der Waals surface area contributed by atoms with E-state index in [-0.39, 0.29) is 18.0 Å². The van der Waals surface area contributed by atoms with Gasteiger partial charge < -0.3 is 5.32 Å². The van der Waals surface area contributed by atoms with E-state index in [0.717, 1.165) is 18.5 Å². The van der Waals surface area contributed by atoms with Crippen molar-refractivity contribution < 1.29 is 13.2 Å². The highest BCUT2D eigenvalue weighted by Crippen LogP contribution is 2.13. The highest BCUT2D eigenvalue weighted by Gasteiger charge is 2.19. The Morgan fingerprint density at radius 2 is 1.90 bits per heavy atom. The van der Waals surface area contributed by atoms with Gasteiger partial charge >= 0.3 is 0 Å². The molecule has 1 N–H and O–H groups in total. The molecule has 0 unspecified atom stereocenters.